The first-order valence-corrected chi connectivity index (χ1v) is 6.21. The molecule has 0 spiro atoms. The molecule has 0 fully saturated rings. The second kappa shape index (κ2) is 6.61. The molecule has 0 saturated carbocycles. The highest BCUT2D eigenvalue weighted by Gasteiger charge is 2.12. The standard InChI is InChI=1S/C13H19ClN2O2/c1-9(2)18-12-6-5-10(7-11(12)14)16(4)13(17)8-15-3/h5-7,9,15H,8H2,1-4H3. The molecule has 1 amide bonds. The van der Waals surface area contributed by atoms with Gasteiger partial charge in [0.1, 0.15) is 5.75 Å². The molecule has 0 heterocycles. The zero-order valence-corrected chi connectivity index (χ0v) is 11.9. The minimum absolute atomic E-state index is 0.0221. The number of benzene rings is 1. The summed E-state index contributed by atoms with van der Waals surface area (Å²) in [7, 11) is 3.45. The molecule has 1 aromatic carbocycles. The SMILES string of the molecule is CNCC(=O)N(C)c1ccc(OC(C)C)c(Cl)c1. The van der Waals surface area contributed by atoms with Crippen molar-refractivity contribution in [1.29, 1.82) is 0 Å². The number of hydrogen-bond donors (Lipinski definition) is 1. The number of likely N-dealkylation sites (N-methyl/N-ethyl adjacent to an activating group) is 2. The van der Waals surface area contributed by atoms with E-state index in [1.807, 2.05) is 19.9 Å². The maximum Gasteiger partial charge on any atom is 0.240 e. The zero-order chi connectivity index (χ0) is 13.7. The van der Waals surface area contributed by atoms with Crippen LogP contribution in [-0.2, 0) is 4.79 Å². The fraction of sp³-hybridized carbons (Fsp3) is 0.462. The Morgan fingerprint density at radius 2 is 2.17 bits per heavy atom. The van der Waals surface area contributed by atoms with E-state index in [2.05, 4.69) is 5.32 Å². The second-order valence-electron chi connectivity index (χ2n) is 4.26. The summed E-state index contributed by atoms with van der Waals surface area (Å²) in [5.41, 5.74) is 0.747. The average molecular weight is 271 g/mol. The Morgan fingerprint density at radius 3 is 2.67 bits per heavy atom. The highest BCUT2D eigenvalue weighted by Crippen LogP contribution is 2.29. The molecule has 0 saturated heterocycles. The molecule has 0 aliphatic heterocycles. The Morgan fingerprint density at radius 1 is 1.50 bits per heavy atom. The Balaban J connectivity index is 2.86. The molecule has 0 bridgehead atoms. The molecule has 4 nitrogen and oxygen atoms in total. The summed E-state index contributed by atoms with van der Waals surface area (Å²) in [6.07, 6.45) is 0.0667. The number of hydrogen-bond acceptors (Lipinski definition) is 3. The Bertz CT molecular complexity index is 421. The number of carbonyl (C=O) groups excluding carboxylic acids is 1. The van der Waals surface area contributed by atoms with E-state index >= 15 is 0 Å². The lowest BCUT2D eigenvalue weighted by atomic mass is 10.2. The number of anilines is 1. The highest BCUT2D eigenvalue weighted by atomic mass is 35.5. The molecule has 0 aliphatic carbocycles. The van der Waals surface area contributed by atoms with E-state index in [9.17, 15) is 4.79 Å². The van der Waals surface area contributed by atoms with Gasteiger partial charge in [-0.1, -0.05) is 11.6 Å². The van der Waals surface area contributed by atoms with E-state index in [-0.39, 0.29) is 12.0 Å². The summed E-state index contributed by atoms with van der Waals surface area (Å²) < 4.78 is 5.54. The molecule has 0 radical (unpaired) electrons. The van der Waals surface area contributed by atoms with E-state index in [1.54, 1.807) is 31.1 Å². The quantitative estimate of drug-likeness (QED) is 0.893. The Kier molecular flexibility index (Phi) is 5.44. The minimum atomic E-state index is -0.0221. The predicted octanol–water partition coefficient (Wildman–Crippen LogP) is 2.31. The summed E-state index contributed by atoms with van der Waals surface area (Å²) in [5, 5.41) is 3.33. The van der Waals surface area contributed by atoms with Gasteiger partial charge in [0.05, 0.1) is 17.7 Å². The fourth-order valence-electron chi connectivity index (χ4n) is 1.46. The first-order chi connectivity index (χ1) is 8.45. The highest BCUT2D eigenvalue weighted by molar-refractivity contribution is 6.32. The van der Waals surface area contributed by atoms with E-state index in [0.29, 0.717) is 17.3 Å². The molecule has 1 N–H and O–H groups in total. The van der Waals surface area contributed by atoms with Gasteiger partial charge in [0.25, 0.3) is 0 Å². The van der Waals surface area contributed by atoms with Crippen molar-refractivity contribution >= 4 is 23.2 Å². The number of ether oxygens (including phenoxy) is 1. The van der Waals surface area contributed by atoms with Crippen LogP contribution in [0.4, 0.5) is 5.69 Å². The fourth-order valence-corrected chi connectivity index (χ4v) is 1.68. The van der Waals surface area contributed by atoms with Crippen molar-refractivity contribution in [3.63, 3.8) is 0 Å². The van der Waals surface area contributed by atoms with Crippen LogP contribution in [0.2, 0.25) is 5.02 Å². The third-order valence-electron chi connectivity index (χ3n) is 2.37. The van der Waals surface area contributed by atoms with Crippen LogP contribution in [0.25, 0.3) is 0 Å². The number of carbonyl (C=O) groups is 1. The molecule has 0 unspecified atom stereocenters. The van der Waals surface area contributed by atoms with Gasteiger partial charge in [-0.2, -0.15) is 0 Å². The van der Waals surface area contributed by atoms with Crippen molar-refractivity contribution < 1.29 is 9.53 Å². The molecule has 1 rings (SSSR count). The first-order valence-electron chi connectivity index (χ1n) is 5.83. The van der Waals surface area contributed by atoms with Gasteiger partial charge in [0.15, 0.2) is 0 Å². The second-order valence-corrected chi connectivity index (χ2v) is 4.67. The van der Waals surface area contributed by atoms with Gasteiger partial charge in [0.2, 0.25) is 5.91 Å². The van der Waals surface area contributed by atoms with Gasteiger partial charge in [-0.25, -0.2) is 0 Å². The van der Waals surface area contributed by atoms with E-state index in [1.165, 1.54) is 0 Å². The third kappa shape index (κ3) is 3.89. The average Bonchev–Trinajstić information content (AvgIpc) is 2.30. The van der Waals surface area contributed by atoms with Crippen LogP contribution in [0.15, 0.2) is 18.2 Å². The van der Waals surface area contributed by atoms with Crippen LogP contribution >= 0.6 is 11.6 Å². The van der Waals surface area contributed by atoms with Crippen LogP contribution in [0.5, 0.6) is 5.75 Å². The lowest BCUT2D eigenvalue weighted by Gasteiger charge is -2.19. The van der Waals surface area contributed by atoms with Gasteiger partial charge >= 0.3 is 0 Å². The molecular weight excluding hydrogens is 252 g/mol. The topological polar surface area (TPSA) is 41.6 Å². The summed E-state index contributed by atoms with van der Waals surface area (Å²) in [6.45, 7) is 4.16. The van der Waals surface area contributed by atoms with E-state index in [0.717, 1.165) is 5.69 Å². The monoisotopic (exact) mass is 270 g/mol. The summed E-state index contributed by atoms with van der Waals surface area (Å²) in [4.78, 5) is 13.3. The maximum atomic E-state index is 11.7. The lowest BCUT2D eigenvalue weighted by Crippen LogP contribution is -2.34. The largest absolute Gasteiger partial charge is 0.489 e. The number of rotatable bonds is 5. The van der Waals surface area contributed by atoms with Gasteiger partial charge in [-0.3, -0.25) is 4.79 Å². The molecule has 0 atom stereocenters. The van der Waals surface area contributed by atoms with Gasteiger partial charge in [-0.15, -0.1) is 0 Å². The van der Waals surface area contributed by atoms with Crippen molar-refractivity contribution in [3.8, 4) is 5.75 Å². The van der Waals surface area contributed by atoms with E-state index in [4.69, 9.17) is 16.3 Å². The number of nitrogens with one attached hydrogen (secondary N) is 1. The summed E-state index contributed by atoms with van der Waals surface area (Å²) in [6, 6.07) is 5.32. The van der Waals surface area contributed by atoms with Crippen molar-refractivity contribution in [3.05, 3.63) is 23.2 Å². The Hall–Kier alpha value is -1.26. The molecular formula is C13H19ClN2O2. The lowest BCUT2D eigenvalue weighted by molar-refractivity contribution is -0.117. The Labute approximate surface area is 113 Å². The molecule has 5 heteroatoms. The molecule has 18 heavy (non-hydrogen) atoms. The normalized spacial score (nSPS) is 10.6. The molecule has 0 aliphatic rings. The van der Waals surface area contributed by atoms with Crippen LogP contribution in [0.3, 0.4) is 0 Å². The zero-order valence-electron chi connectivity index (χ0n) is 11.2. The summed E-state index contributed by atoms with van der Waals surface area (Å²) in [5.74, 6) is 0.607. The first kappa shape index (κ1) is 14.8. The minimum Gasteiger partial charge on any atom is -0.489 e. The van der Waals surface area contributed by atoms with Crippen LogP contribution in [0.1, 0.15) is 13.8 Å². The van der Waals surface area contributed by atoms with Crippen LogP contribution < -0.4 is 15.0 Å². The number of amides is 1. The van der Waals surface area contributed by atoms with Gasteiger partial charge in [0, 0.05) is 12.7 Å². The van der Waals surface area contributed by atoms with Crippen molar-refractivity contribution in [2.75, 3.05) is 25.5 Å². The van der Waals surface area contributed by atoms with Crippen molar-refractivity contribution in [2.24, 2.45) is 0 Å². The molecule has 0 aromatic heterocycles. The van der Waals surface area contributed by atoms with Crippen molar-refractivity contribution in [2.45, 2.75) is 20.0 Å². The number of halogens is 1. The smallest absolute Gasteiger partial charge is 0.240 e. The maximum absolute atomic E-state index is 11.7. The van der Waals surface area contributed by atoms with Crippen LogP contribution in [0, 0.1) is 0 Å². The molecule has 100 valence electrons. The van der Waals surface area contributed by atoms with E-state index < -0.39 is 0 Å². The third-order valence-corrected chi connectivity index (χ3v) is 2.66. The summed E-state index contributed by atoms with van der Waals surface area (Å²) >= 11 is 6.12. The van der Waals surface area contributed by atoms with Crippen LogP contribution in [-0.4, -0.2) is 32.7 Å². The molecule has 1 aromatic rings. The van der Waals surface area contributed by atoms with Crippen molar-refractivity contribution in [1.82, 2.24) is 5.32 Å². The number of nitrogens with zero attached hydrogens (tertiary/aromatic N) is 1. The predicted molar refractivity (Wildman–Crippen MR) is 74.6 cm³/mol. The van der Waals surface area contributed by atoms with Gasteiger partial charge in [-0.05, 0) is 39.1 Å². The van der Waals surface area contributed by atoms with Gasteiger partial charge < -0.3 is 15.0 Å².